The summed E-state index contributed by atoms with van der Waals surface area (Å²) in [6.45, 7) is 4.00. The molecule has 0 aromatic rings. The predicted molar refractivity (Wildman–Crippen MR) is 105 cm³/mol. The molecule has 0 radical (unpaired) electrons. The molecule has 0 spiro atoms. The molecule has 0 bridgehead atoms. The van der Waals surface area contributed by atoms with Crippen LogP contribution in [0.4, 0.5) is 0 Å². The first-order chi connectivity index (χ1) is 11.3. The molecule has 4 fully saturated rings. The van der Waals surface area contributed by atoms with E-state index in [-0.39, 0.29) is 0 Å². The van der Waals surface area contributed by atoms with E-state index >= 15 is 0 Å². The Morgan fingerprint density at radius 3 is 1.52 bits per heavy atom. The van der Waals surface area contributed by atoms with Crippen molar-refractivity contribution in [2.75, 3.05) is 0 Å². The number of hydrogen-bond acceptors (Lipinski definition) is 1. The average Bonchev–Trinajstić information content (AvgIpc) is 2.89. The summed E-state index contributed by atoms with van der Waals surface area (Å²) in [5.74, 6) is 6.56. The molecule has 0 aromatic carbocycles. The van der Waals surface area contributed by atoms with Gasteiger partial charge in [-0.15, -0.1) is 0 Å². The molecule has 134 valence electrons. The Bertz CT molecular complexity index is 352. The quantitative estimate of drug-likeness (QED) is 0.447. The van der Waals surface area contributed by atoms with Gasteiger partial charge in [0.15, 0.2) is 0 Å². The van der Waals surface area contributed by atoms with Crippen molar-refractivity contribution >= 4 is 12.6 Å². The van der Waals surface area contributed by atoms with E-state index in [2.05, 4.69) is 0 Å². The topological polar surface area (TPSA) is 0 Å². The van der Waals surface area contributed by atoms with Gasteiger partial charge in [0.25, 0.3) is 0 Å². The third-order valence-corrected chi connectivity index (χ3v) is 8.23. The van der Waals surface area contributed by atoms with Gasteiger partial charge in [0, 0.05) is 5.25 Å². The van der Waals surface area contributed by atoms with Crippen LogP contribution in [0, 0.1) is 35.5 Å². The number of hydrogen-bond donors (Lipinski definition) is 1. The lowest BCUT2D eigenvalue weighted by atomic mass is 9.57. The highest BCUT2D eigenvalue weighted by Crippen LogP contribution is 2.54. The molecule has 0 saturated heterocycles. The summed E-state index contributed by atoms with van der Waals surface area (Å²) in [6, 6.07) is 0. The molecule has 0 aliphatic heterocycles. The lowest BCUT2D eigenvalue weighted by Gasteiger charge is -2.48. The molecule has 7 atom stereocenters. The third-order valence-electron chi connectivity index (χ3n) is 7.76. The van der Waals surface area contributed by atoms with Gasteiger partial charge in [-0.25, -0.2) is 0 Å². The van der Waals surface area contributed by atoms with Crippen molar-refractivity contribution in [3.8, 4) is 0 Å². The minimum absolute atomic E-state index is 0.714. The minimum atomic E-state index is 0.714. The summed E-state index contributed by atoms with van der Waals surface area (Å²) >= 11 is 4.85. The molecule has 1 heteroatoms. The fourth-order valence-corrected chi connectivity index (χ4v) is 7.16. The Balaban J connectivity index is 0.000000753. The van der Waals surface area contributed by atoms with E-state index < -0.39 is 0 Å². The normalized spacial score (nSPS) is 46.8. The Morgan fingerprint density at radius 1 is 0.478 bits per heavy atom. The van der Waals surface area contributed by atoms with Crippen molar-refractivity contribution in [3.05, 3.63) is 0 Å². The van der Waals surface area contributed by atoms with Crippen LogP contribution in [0.3, 0.4) is 0 Å². The average molecular weight is 337 g/mol. The van der Waals surface area contributed by atoms with Gasteiger partial charge in [0.05, 0.1) is 0 Å². The molecule has 0 N–H and O–H groups in total. The molecular weight excluding hydrogens is 296 g/mol. The van der Waals surface area contributed by atoms with Crippen LogP contribution in [-0.4, -0.2) is 5.25 Å². The second-order valence-corrected chi connectivity index (χ2v) is 9.69. The standard InChI is InChI=1S/C20H34S.C2H6/c21-20-8-4-7-16-11-17-9-14-5-2-1-3-6-15(14)10-18(17)12-19(16)13-20;1-2/h14-21H,1-13H2;1-2H3. The van der Waals surface area contributed by atoms with Crippen molar-refractivity contribution in [2.24, 2.45) is 35.5 Å². The Hall–Kier alpha value is 0.350. The van der Waals surface area contributed by atoms with Gasteiger partial charge in [0.2, 0.25) is 0 Å². The van der Waals surface area contributed by atoms with Gasteiger partial charge >= 0.3 is 0 Å². The second-order valence-electron chi connectivity index (χ2n) is 8.96. The monoisotopic (exact) mass is 336 g/mol. The summed E-state index contributed by atoms with van der Waals surface area (Å²) in [7, 11) is 0. The molecule has 0 nitrogen and oxygen atoms in total. The van der Waals surface area contributed by atoms with Crippen LogP contribution >= 0.6 is 12.6 Å². The van der Waals surface area contributed by atoms with E-state index in [4.69, 9.17) is 12.6 Å². The van der Waals surface area contributed by atoms with Gasteiger partial charge in [-0.3, -0.25) is 0 Å². The predicted octanol–water partition coefficient (Wildman–Crippen LogP) is 7.13. The molecule has 4 aliphatic carbocycles. The fourth-order valence-electron chi connectivity index (χ4n) is 6.71. The summed E-state index contributed by atoms with van der Waals surface area (Å²) in [5, 5.41) is 0.714. The van der Waals surface area contributed by atoms with Crippen molar-refractivity contribution in [1.29, 1.82) is 0 Å². The van der Waals surface area contributed by atoms with Crippen molar-refractivity contribution in [3.63, 3.8) is 0 Å². The molecule has 0 aromatic heterocycles. The largest absolute Gasteiger partial charge is 0.176 e. The van der Waals surface area contributed by atoms with Crippen molar-refractivity contribution < 1.29 is 0 Å². The van der Waals surface area contributed by atoms with E-state index in [1.54, 1.807) is 38.5 Å². The molecule has 7 unspecified atom stereocenters. The smallest absolute Gasteiger partial charge is 0.00195 e. The van der Waals surface area contributed by atoms with Crippen LogP contribution in [0.25, 0.3) is 0 Å². The van der Waals surface area contributed by atoms with Crippen LogP contribution in [0.1, 0.15) is 97.3 Å². The second kappa shape index (κ2) is 8.63. The summed E-state index contributed by atoms with van der Waals surface area (Å²) in [6.07, 6.45) is 19.9. The van der Waals surface area contributed by atoms with E-state index in [1.165, 1.54) is 44.9 Å². The lowest BCUT2D eigenvalue weighted by Crippen LogP contribution is -2.39. The van der Waals surface area contributed by atoms with E-state index in [0.717, 1.165) is 35.5 Å². The van der Waals surface area contributed by atoms with Gasteiger partial charge in [-0.05, 0) is 74.0 Å². The summed E-state index contributed by atoms with van der Waals surface area (Å²) in [5.41, 5.74) is 0. The Morgan fingerprint density at radius 2 is 0.913 bits per heavy atom. The van der Waals surface area contributed by atoms with Crippen LogP contribution < -0.4 is 0 Å². The molecule has 4 saturated carbocycles. The van der Waals surface area contributed by atoms with Crippen LogP contribution in [0.5, 0.6) is 0 Å². The number of fused-ring (bicyclic) bond motifs is 3. The highest BCUT2D eigenvalue weighted by atomic mass is 32.1. The van der Waals surface area contributed by atoms with Gasteiger partial charge in [-0.2, -0.15) is 12.6 Å². The minimum Gasteiger partial charge on any atom is -0.176 e. The molecular formula is C22H40S. The van der Waals surface area contributed by atoms with Crippen LogP contribution in [-0.2, 0) is 0 Å². The van der Waals surface area contributed by atoms with E-state index in [9.17, 15) is 0 Å². The Labute approximate surface area is 151 Å². The summed E-state index contributed by atoms with van der Waals surface area (Å²) in [4.78, 5) is 0. The van der Waals surface area contributed by atoms with Crippen LogP contribution in [0.15, 0.2) is 0 Å². The zero-order chi connectivity index (χ0) is 16.2. The van der Waals surface area contributed by atoms with Gasteiger partial charge in [0.1, 0.15) is 0 Å². The molecule has 0 heterocycles. The first-order valence-corrected chi connectivity index (χ1v) is 11.5. The maximum Gasteiger partial charge on any atom is 0.00195 e. The van der Waals surface area contributed by atoms with Crippen molar-refractivity contribution in [2.45, 2.75) is 103 Å². The third kappa shape index (κ3) is 4.31. The maximum absolute atomic E-state index is 4.85. The first-order valence-electron chi connectivity index (χ1n) is 11.0. The van der Waals surface area contributed by atoms with E-state index in [0.29, 0.717) is 5.25 Å². The lowest BCUT2D eigenvalue weighted by molar-refractivity contribution is 0.0203. The SMILES string of the molecule is CC.SC1CCCC2CC3CC4CCCCCC4CC3CC2C1. The van der Waals surface area contributed by atoms with E-state index in [1.807, 2.05) is 13.8 Å². The zero-order valence-electron chi connectivity index (χ0n) is 15.7. The summed E-state index contributed by atoms with van der Waals surface area (Å²) < 4.78 is 0. The zero-order valence-corrected chi connectivity index (χ0v) is 16.6. The highest BCUT2D eigenvalue weighted by Gasteiger charge is 2.44. The van der Waals surface area contributed by atoms with Crippen molar-refractivity contribution in [1.82, 2.24) is 0 Å². The fraction of sp³-hybridized carbons (Fsp3) is 1.00. The van der Waals surface area contributed by atoms with Crippen LogP contribution in [0.2, 0.25) is 0 Å². The Kier molecular flexibility index (Phi) is 6.81. The van der Waals surface area contributed by atoms with Gasteiger partial charge in [-0.1, -0.05) is 58.8 Å². The molecule has 4 rings (SSSR count). The molecule has 4 aliphatic rings. The highest BCUT2D eigenvalue weighted by molar-refractivity contribution is 7.80. The first kappa shape index (κ1) is 18.2. The van der Waals surface area contributed by atoms with Gasteiger partial charge < -0.3 is 0 Å². The molecule has 23 heavy (non-hydrogen) atoms. The maximum atomic E-state index is 4.85. The number of rotatable bonds is 0. The molecule has 0 amide bonds. The number of thiol groups is 1.